The maximum Gasteiger partial charge on any atom is 0.266 e. The lowest BCUT2D eigenvalue weighted by Crippen LogP contribution is -2.28. The summed E-state index contributed by atoms with van der Waals surface area (Å²) in [4.78, 5) is 19.9. The SMILES string of the molecule is C=CCc1cc(/C=C2/SC(=Nc3ccc(F)cc3)N(CC)C2=O)cc(OCC)c1OCc1ccc(Cl)c(Cl)c1. The van der Waals surface area contributed by atoms with Crippen LogP contribution in [0.2, 0.25) is 10.0 Å². The van der Waals surface area contributed by atoms with Crippen LogP contribution in [0.4, 0.5) is 10.1 Å². The first-order valence-electron chi connectivity index (χ1n) is 12.4. The molecule has 202 valence electrons. The van der Waals surface area contributed by atoms with Crippen molar-refractivity contribution in [1.29, 1.82) is 0 Å². The van der Waals surface area contributed by atoms with E-state index >= 15 is 0 Å². The number of carbonyl (C=O) groups excluding carboxylic acids is 1. The molecule has 0 unspecified atom stereocenters. The van der Waals surface area contributed by atoms with Crippen LogP contribution in [0.3, 0.4) is 0 Å². The van der Waals surface area contributed by atoms with Crippen LogP contribution in [-0.2, 0) is 17.8 Å². The number of halogens is 3. The van der Waals surface area contributed by atoms with E-state index in [0.717, 1.165) is 16.7 Å². The van der Waals surface area contributed by atoms with Crippen LogP contribution >= 0.6 is 35.0 Å². The Bertz CT molecular complexity index is 1440. The van der Waals surface area contributed by atoms with Crippen LogP contribution < -0.4 is 9.47 Å². The van der Waals surface area contributed by atoms with Crippen LogP contribution in [0.15, 0.2) is 77.1 Å². The summed E-state index contributed by atoms with van der Waals surface area (Å²) in [6, 6.07) is 15.0. The van der Waals surface area contributed by atoms with Crippen molar-refractivity contribution in [2.75, 3.05) is 13.2 Å². The maximum atomic E-state index is 13.3. The molecule has 1 saturated heterocycles. The molecule has 1 heterocycles. The lowest BCUT2D eigenvalue weighted by Gasteiger charge is -2.17. The number of rotatable bonds is 10. The molecule has 3 aromatic carbocycles. The van der Waals surface area contributed by atoms with Crippen molar-refractivity contribution < 1.29 is 18.7 Å². The van der Waals surface area contributed by atoms with Gasteiger partial charge in [-0.3, -0.25) is 9.69 Å². The Labute approximate surface area is 241 Å². The third-order valence-electron chi connectivity index (χ3n) is 5.74. The number of hydrogen-bond donors (Lipinski definition) is 0. The highest BCUT2D eigenvalue weighted by Gasteiger charge is 2.32. The van der Waals surface area contributed by atoms with Gasteiger partial charge in [0.25, 0.3) is 5.91 Å². The predicted octanol–water partition coefficient (Wildman–Crippen LogP) is 8.46. The zero-order valence-corrected chi connectivity index (χ0v) is 23.9. The van der Waals surface area contributed by atoms with Gasteiger partial charge in [0, 0.05) is 12.1 Å². The molecule has 4 rings (SSSR count). The first-order valence-corrected chi connectivity index (χ1v) is 13.9. The minimum atomic E-state index is -0.341. The van der Waals surface area contributed by atoms with Gasteiger partial charge in [-0.2, -0.15) is 0 Å². The van der Waals surface area contributed by atoms with Crippen molar-refractivity contribution in [3.63, 3.8) is 0 Å². The van der Waals surface area contributed by atoms with E-state index < -0.39 is 0 Å². The Morgan fingerprint density at radius 3 is 2.49 bits per heavy atom. The molecule has 0 aromatic heterocycles. The fourth-order valence-corrected chi connectivity index (χ4v) is 5.32. The molecule has 5 nitrogen and oxygen atoms in total. The van der Waals surface area contributed by atoms with E-state index in [1.165, 1.54) is 23.9 Å². The molecule has 0 aliphatic carbocycles. The lowest BCUT2D eigenvalue weighted by molar-refractivity contribution is -0.122. The summed E-state index contributed by atoms with van der Waals surface area (Å²) in [7, 11) is 0. The summed E-state index contributed by atoms with van der Waals surface area (Å²) in [6.07, 6.45) is 4.14. The molecule has 1 amide bonds. The van der Waals surface area contributed by atoms with Crippen LogP contribution in [0, 0.1) is 5.82 Å². The van der Waals surface area contributed by atoms with Gasteiger partial charge in [-0.25, -0.2) is 9.38 Å². The molecule has 1 aliphatic rings. The quantitative estimate of drug-likeness (QED) is 0.177. The monoisotopic (exact) mass is 584 g/mol. The van der Waals surface area contributed by atoms with Gasteiger partial charge in [0.15, 0.2) is 16.7 Å². The van der Waals surface area contributed by atoms with E-state index in [2.05, 4.69) is 11.6 Å². The lowest BCUT2D eigenvalue weighted by atomic mass is 10.0. The fourth-order valence-electron chi connectivity index (χ4n) is 3.93. The summed E-state index contributed by atoms with van der Waals surface area (Å²) in [5, 5.41) is 1.48. The van der Waals surface area contributed by atoms with Crippen LogP contribution in [-0.4, -0.2) is 29.1 Å². The average Bonchev–Trinajstić information content (AvgIpc) is 3.20. The second-order valence-corrected chi connectivity index (χ2v) is 10.3. The van der Waals surface area contributed by atoms with Crippen LogP contribution in [0.25, 0.3) is 6.08 Å². The number of allylic oxidation sites excluding steroid dienone is 1. The number of aliphatic imine (C=N–C) groups is 1. The van der Waals surface area contributed by atoms with E-state index in [9.17, 15) is 9.18 Å². The summed E-state index contributed by atoms with van der Waals surface area (Å²) < 4.78 is 25.5. The van der Waals surface area contributed by atoms with Gasteiger partial charge < -0.3 is 9.47 Å². The van der Waals surface area contributed by atoms with Gasteiger partial charge in [-0.1, -0.05) is 35.3 Å². The topological polar surface area (TPSA) is 51.1 Å². The Morgan fingerprint density at radius 1 is 1.05 bits per heavy atom. The molecule has 0 saturated carbocycles. The number of benzene rings is 3. The zero-order chi connectivity index (χ0) is 27.9. The second kappa shape index (κ2) is 13.2. The van der Waals surface area contributed by atoms with Gasteiger partial charge in [0.1, 0.15) is 12.4 Å². The van der Waals surface area contributed by atoms with E-state index in [1.54, 1.807) is 35.2 Å². The number of nitrogens with zero attached hydrogens (tertiary/aromatic N) is 2. The molecular weight excluding hydrogens is 558 g/mol. The van der Waals surface area contributed by atoms with Crippen molar-refractivity contribution in [3.05, 3.63) is 105 Å². The summed E-state index contributed by atoms with van der Waals surface area (Å²) in [6.45, 7) is 8.83. The molecule has 0 N–H and O–H groups in total. The number of ether oxygens (including phenoxy) is 2. The van der Waals surface area contributed by atoms with Crippen molar-refractivity contribution >= 4 is 57.8 Å². The number of thioether (sulfide) groups is 1. The van der Waals surface area contributed by atoms with Gasteiger partial charge in [-0.05, 0) is 97.8 Å². The first-order chi connectivity index (χ1) is 18.8. The number of hydrogen-bond acceptors (Lipinski definition) is 5. The smallest absolute Gasteiger partial charge is 0.266 e. The van der Waals surface area contributed by atoms with Gasteiger partial charge in [0.05, 0.1) is 27.2 Å². The predicted molar refractivity (Wildman–Crippen MR) is 159 cm³/mol. The second-order valence-electron chi connectivity index (χ2n) is 8.50. The normalized spacial score (nSPS) is 15.3. The molecule has 9 heteroatoms. The standard InChI is InChI=1S/C30H27Cl2FN2O3S/c1-4-7-21-14-20(16-26(37-6-3)28(21)38-18-19-8-13-24(31)25(32)15-19)17-27-29(36)35(5-2)30(39-27)34-23-11-9-22(33)10-12-23/h4,8-17H,1,5-7,18H2,2-3H3/b27-17+,34-30?. The molecule has 0 spiro atoms. The van der Waals surface area contributed by atoms with E-state index in [4.69, 9.17) is 32.7 Å². The molecule has 0 atom stereocenters. The first kappa shape index (κ1) is 28.7. The number of carbonyl (C=O) groups is 1. The van der Waals surface area contributed by atoms with Crippen molar-refractivity contribution in [3.8, 4) is 11.5 Å². The minimum Gasteiger partial charge on any atom is -0.490 e. The molecule has 3 aromatic rings. The van der Waals surface area contributed by atoms with Gasteiger partial charge >= 0.3 is 0 Å². The minimum absolute atomic E-state index is 0.147. The van der Waals surface area contributed by atoms with Crippen molar-refractivity contribution in [1.82, 2.24) is 4.90 Å². The third kappa shape index (κ3) is 7.04. The van der Waals surface area contributed by atoms with E-state index in [1.807, 2.05) is 38.1 Å². The Balaban J connectivity index is 1.66. The maximum absolute atomic E-state index is 13.3. The van der Waals surface area contributed by atoms with E-state index in [0.29, 0.717) is 56.9 Å². The average molecular weight is 586 g/mol. The Morgan fingerprint density at radius 2 is 1.82 bits per heavy atom. The number of likely N-dealkylation sites (N-methyl/N-ethyl adjacent to an activating group) is 1. The van der Waals surface area contributed by atoms with Crippen LogP contribution in [0.1, 0.15) is 30.5 Å². The largest absolute Gasteiger partial charge is 0.490 e. The molecule has 0 radical (unpaired) electrons. The summed E-state index contributed by atoms with van der Waals surface area (Å²) >= 11 is 13.5. The van der Waals surface area contributed by atoms with Crippen molar-refractivity contribution in [2.45, 2.75) is 26.9 Å². The zero-order valence-electron chi connectivity index (χ0n) is 21.5. The number of amidine groups is 1. The number of amides is 1. The highest BCUT2D eigenvalue weighted by atomic mass is 35.5. The third-order valence-corrected chi connectivity index (χ3v) is 7.48. The van der Waals surface area contributed by atoms with Gasteiger partial charge in [0.2, 0.25) is 0 Å². The molecule has 1 aliphatic heterocycles. The van der Waals surface area contributed by atoms with Crippen LogP contribution in [0.5, 0.6) is 11.5 Å². The fraction of sp³-hybridized carbons (Fsp3) is 0.200. The molecule has 1 fully saturated rings. The van der Waals surface area contributed by atoms with Gasteiger partial charge in [-0.15, -0.1) is 6.58 Å². The van der Waals surface area contributed by atoms with E-state index in [-0.39, 0.29) is 18.3 Å². The highest BCUT2D eigenvalue weighted by Crippen LogP contribution is 2.38. The summed E-state index contributed by atoms with van der Waals surface area (Å²) in [5.74, 6) is 0.675. The Kier molecular flexibility index (Phi) is 9.73. The molecule has 0 bridgehead atoms. The summed E-state index contributed by atoms with van der Waals surface area (Å²) in [5.41, 5.74) is 3.09. The molecule has 39 heavy (non-hydrogen) atoms. The molecular formula is C30H27Cl2FN2O3S. The highest BCUT2D eigenvalue weighted by molar-refractivity contribution is 8.18. The van der Waals surface area contributed by atoms with Crippen molar-refractivity contribution in [2.24, 2.45) is 4.99 Å². The Hall–Kier alpha value is -3.26.